The number of aromatic nitrogens is 2. The fraction of sp³-hybridized carbons (Fsp3) is 0.150. The predicted molar refractivity (Wildman–Crippen MR) is 110 cm³/mol. The molecule has 0 unspecified atom stereocenters. The highest BCUT2D eigenvalue weighted by Gasteiger charge is 2.33. The average molecular weight is 477 g/mol. The topological polar surface area (TPSA) is 150 Å². The smallest absolute Gasteiger partial charge is 0.344 e. The summed E-state index contributed by atoms with van der Waals surface area (Å²) < 4.78 is 40.1. The van der Waals surface area contributed by atoms with Gasteiger partial charge in [0.15, 0.2) is 0 Å². The number of hydrogen-bond acceptors (Lipinski definition) is 7. The molecule has 176 valence electrons. The monoisotopic (exact) mass is 477 g/mol. The van der Waals surface area contributed by atoms with Gasteiger partial charge in [-0.3, -0.25) is 29.8 Å². The summed E-state index contributed by atoms with van der Waals surface area (Å²) in [4.78, 5) is 45.5. The molecule has 3 aromatic rings. The molecule has 11 nitrogen and oxygen atoms in total. The molecule has 34 heavy (non-hydrogen) atoms. The highest BCUT2D eigenvalue weighted by molar-refractivity contribution is 5.92. The number of hydrogen-bond donors (Lipinski definition) is 1. The zero-order valence-corrected chi connectivity index (χ0v) is 17.1. The maximum Gasteiger partial charge on any atom is 0.416 e. The Morgan fingerprint density at radius 3 is 2.35 bits per heavy atom. The van der Waals surface area contributed by atoms with Gasteiger partial charge in [-0.15, -0.1) is 0 Å². The van der Waals surface area contributed by atoms with Gasteiger partial charge in [0.05, 0.1) is 21.5 Å². The van der Waals surface area contributed by atoms with Gasteiger partial charge in [-0.05, 0) is 30.7 Å². The van der Waals surface area contributed by atoms with E-state index < -0.39 is 50.5 Å². The second kappa shape index (κ2) is 9.09. The molecule has 1 aromatic heterocycles. The van der Waals surface area contributed by atoms with Crippen molar-refractivity contribution in [2.24, 2.45) is 0 Å². The quantitative estimate of drug-likeness (QED) is 0.421. The van der Waals surface area contributed by atoms with Gasteiger partial charge in [-0.2, -0.15) is 23.0 Å². The van der Waals surface area contributed by atoms with Crippen LogP contribution in [0.2, 0.25) is 0 Å². The summed E-state index contributed by atoms with van der Waals surface area (Å²) in [6, 6.07) is 7.97. The molecule has 0 saturated carbocycles. The molecule has 0 aliphatic carbocycles. The van der Waals surface area contributed by atoms with E-state index >= 15 is 0 Å². The standard InChI is InChI=1S/C20H14F3N5O6/c1-11(12-8-13(20(21,22)23)10-14(9-12)27(31)32)24-19(30)15-6-7-18(29)26(25-15)16-4-2-3-5-17(16)28(33)34/h2-11H,1H3,(H,24,30)/t11-/m1/s1. The number of amides is 1. The first-order chi connectivity index (χ1) is 15.9. The lowest BCUT2D eigenvalue weighted by molar-refractivity contribution is -0.385. The van der Waals surface area contributed by atoms with Crippen LogP contribution in [-0.4, -0.2) is 25.5 Å². The second-order valence-corrected chi connectivity index (χ2v) is 6.98. The van der Waals surface area contributed by atoms with E-state index in [1.54, 1.807) is 0 Å². The zero-order chi connectivity index (χ0) is 25.2. The second-order valence-electron chi connectivity index (χ2n) is 6.98. The van der Waals surface area contributed by atoms with Crippen molar-refractivity contribution >= 4 is 17.3 Å². The number of rotatable bonds is 6. The number of benzene rings is 2. The Morgan fingerprint density at radius 1 is 1.06 bits per heavy atom. The van der Waals surface area contributed by atoms with Gasteiger partial charge in [-0.25, -0.2) is 0 Å². The summed E-state index contributed by atoms with van der Waals surface area (Å²) in [5, 5.41) is 28.5. The summed E-state index contributed by atoms with van der Waals surface area (Å²) in [6.45, 7) is 1.30. The fourth-order valence-corrected chi connectivity index (χ4v) is 3.01. The molecule has 0 aliphatic rings. The first-order valence-electron chi connectivity index (χ1n) is 9.40. The van der Waals surface area contributed by atoms with Gasteiger partial charge >= 0.3 is 6.18 Å². The molecule has 1 amide bonds. The van der Waals surface area contributed by atoms with Crippen LogP contribution in [0.5, 0.6) is 0 Å². The Labute approximate surface area is 187 Å². The van der Waals surface area contributed by atoms with Crippen molar-refractivity contribution in [2.75, 3.05) is 0 Å². The molecule has 1 N–H and O–H groups in total. The number of nitrogens with one attached hydrogen (secondary N) is 1. The van der Waals surface area contributed by atoms with Crippen LogP contribution in [0.1, 0.15) is 34.6 Å². The van der Waals surface area contributed by atoms with Crippen molar-refractivity contribution in [1.29, 1.82) is 0 Å². The maximum atomic E-state index is 13.1. The van der Waals surface area contributed by atoms with Crippen LogP contribution in [0.15, 0.2) is 59.4 Å². The highest BCUT2D eigenvalue weighted by Crippen LogP contribution is 2.34. The van der Waals surface area contributed by atoms with Crippen molar-refractivity contribution in [1.82, 2.24) is 15.1 Å². The molecule has 3 rings (SSSR count). The van der Waals surface area contributed by atoms with Crippen LogP contribution in [0.25, 0.3) is 5.69 Å². The third-order valence-corrected chi connectivity index (χ3v) is 4.67. The Kier molecular flexibility index (Phi) is 6.42. The maximum absolute atomic E-state index is 13.1. The van der Waals surface area contributed by atoms with Gasteiger partial charge in [0.2, 0.25) is 0 Å². The van der Waals surface area contributed by atoms with Gasteiger partial charge in [0, 0.05) is 24.3 Å². The van der Waals surface area contributed by atoms with Crippen molar-refractivity contribution in [3.05, 3.63) is 102 Å². The molecule has 1 heterocycles. The van der Waals surface area contributed by atoms with Gasteiger partial charge in [0.25, 0.3) is 22.8 Å². The first kappa shape index (κ1) is 24.0. The van der Waals surface area contributed by atoms with Crippen LogP contribution >= 0.6 is 0 Å². The lowest BCUT2D eigenvalue weighted by Crippen LogP contribution is -2.31. The average Bonchev–Trinajstić information content (AvgIpc) is 2.78. The molecule has 0 aliphatic heterocycles. The van der Waals surface area contributed by atoms with Gasteiger partial charge < -0.3 is 5.32 Å². The molecule has 0 spiro atoms. The van der Waals surface area contributed by atoms with Crippen LogP contribution in [0.3, 0.4) is 0 Å². The zero-order valence-electron chi connectivity index (χ0n) is 17.1. The normalized spacial score (nSPS) is 12.1. The molecular weight excluding hydrogens is 463 g/mol. The molecule has 0 bridgehead atoms. The Hall–Kier alpha value is -4.62. The Morgan fingerprint density at radius 2 is 1.74 bits per heavy atom. The molecule has 1 atom stereocenters. The van der Waals surface area contributed by atoms with E-state index in [0.717, 1.165) is 24.3 Å². The molecule has 0 saturated heterocycles. The van der Waals surface area contributed by atoms with Crippen LogP contribution in [-0.2, 0) is 6.18 Å². The summed E-state index contributed by atoms with van der Waals surface area (Å²) in [7, 11) is 0. The number of non-ortho nitro benzene ring substituents is 1. The van der Waals surface area contributed by atoms with Crippen molar-refractivity contribution in [2.45, 2.75) is 19.1 Å². The van der Waals surface area contributed by atoms with Gasteiger partial charge in [-0.1, -0.05) is 12.1 Å². The summed E-state index contributed by atoms with van der Waals surface area (Å²) in [5.74, 6) is -0.931. The first-order valence-corrected chi connectivity index (χ1v) is 9.40. The van der Waals surface area contributed by atoms with E-state index in [-0.39, 0.29) is 16.9 Å². The molecule has 14 heteroatoms. The Bertz CT molecular complexity index is 1360. The van der Waals surface area contributed by atoms with Crippen LogP contribution in [0.4, 0.5) is 24.5 Å². The summed E-state index contributed by atoms with van der Waals surface area (Å²) in [6.07, 6.45) is -4.86. The lowest BCUT2D eigenvalue weighted by atomic mass is 10.0. The van der Waals surface area contributed by atoms with E-state index in [9.17, 15) is 43.0 Å². The van der Waals surface area contributed by atoms with Crippen molar-refractivity contribution < 1.29 is 27.8 Å². The Balaban J connectivity index is 1.95. The third-order valence-electron chi connectivity index (χ3n) is 4.67. The van der Waals surface area contributed by atoms with E-state index in [1.807, 2.05) is 0 Å². The van der Waals surface area contributed by atoms with Crippen LogP contribution < -0.4 is 10.9 Å². The minimum Gasteiger partial charge on any atom is -0.344 e. The number of nitro benzene ring substituents is 2. The summed E-state index contributed by atoms with van der Waals surface area (Å²) in [5.41, 5.74) is -4.05. The number of carbonyl (C=O) groups excluding carboxylic acids is 1. The number of halogens is 3. The van der Waals surface area contributed by atoms with E-state index in [4.69, 9.17) is 0 Å². The minimum absolute atomic E-state index is 0.193. The molecule has 0 fully saturated rings. The van der Waals surface area contributed by atoms with E-state index in [1.165, 1.54) is 25.1 Å². The van der Waals surface area contributed by atoms with Crippen molar-refractivity contribution in [3.63, 3.8) is 0 Å². The van der Waals surface area contributed by atoms with Gasteiger partial charge in [0.1, 0.15) is 11.4 Å². The largest absolute Gasteiger partial charge is 0.416 e. The highest BCUT2D eigenvalue weighted by atomic mass is 19.4. The van der Waals surface area contributed by atoms with E-state index in [0.29, 0.717) is 16.8 Å². The predicted octanol–water partition coefficient (Wildman–Crippen LogP) is 3.56. The fourth-order valence-electron chi connectivity index (χ4n) is 3.01. The molecule has 2 aromatic carbocycles. The number of nitrogens with zero attached hydrogens (tertiary/aromatic N) is 4. The summed E-state index contributed by atoms with van der Waals surface area (Å²) >= 11 is 0. The minimum atomic E-state index is -4.86. The van der Waals surface area contributed by atoms with E-state index in [2.05, 4.69) is 10.4 Å². The lowest BCUT2D eigenvalue weighted by Gasteiger charge is -2.16. The van der Waals surface area contributed by atoms with Crippen molar-refractivity contribution in [3.8, 4) is 5.69 Å². The SMILES string of the molecule is C[C@@H](NC(=O)c1ccc(=O)n(-c2ccccc2[N+](=O)[O-])n1)c1cc([N+](=O)[O-])cc(C(F)(F)F)c1. The number of carbonyl (C=O) groups is 1. The number of alkyl halides is 3. The molecule has 0 radical (unpaired) electrons. The number of nitro groups is 2. The third kappa shape index (κ3) is 5.06. The molecular formula is C20H14F3N5O6. The number of para-hydroxylation sites is 2. The van der Waals surface area contributed by atoms with Crippen LogP contribution in [0, 0.1) is 20.2 Å².